The van der Waals surface area contributed by atoms with Gasteiger partial charge in [0.2, 0.25) is 0 Å². The summed E-state index contributed by atoms with van der Waals surface area (Å²) in [6.45, 7) is 2.89. The first kappa shape index (κ1) is 19.0. The maximum Gasteiger partial charge on any atom is 0.275 e. The second-order valence-corrected chi connectivity index (χ2v) is 7.58. The van der Waals surface area contributed by atoms with Crippen molar-refractivity contribution in [2.24, 2.45) is 5.73 Å². The number of amides is 1. The average molecular weight is 404 g/mol. The van der Waals surface area contributed by atoms with Crippen LogP contribution >= 0.6 is 11.3 Å². The van der Waals surface area contributed by atoms with Crippen LogP contribution in [0, 0.1) is 6.92 Å². The van der Waals surface area contributed by atoms with E-state index in [1.807, 2.05) is 73.0 Å². The highest BCUT2D eigenvalue weighted by Gasteiger charge is 2.18. The molecule has 0 saturated carbocycles. The SMILES string of the molecule is Cc1ccc(-c2cc(C(=O)Nc3nc(CN)cs3)n(Cc3ccccc3)n2)cc1. The third-order valence-electron chi connectivity index (χ3n) is 4.52. The number of hydrogen-bond acceptors (Lipinski definition) is 5. The van der Waals surface area contributed by atoms with Crippen molar-refractivity contribution in [3.05, 3.63) is 88.6 Å². The van der Waals surface area contributed by atoms with Crippen molar-refractivity contribution in [3.63, 3.8) is 0 Å². The number of carbonyl (C=O) groups is 1. The summed E-state index contributed by atoms with van der Waals surface area (Å²) in [4.78, 5) is 17.3. The number of aromatic nitrogens is 3. The van der Waals surface area contributed by atoms with Gasteiger partial charge in [-0.25, -0.2) is 4.98 Å². The van der Waals surface area contributed by atoms with Gasteiger partial charge < -0.3 is 5.73 Å². The Morgan fingerprint density at radius 3 is 2.59 bits per heavy atom. The van der Waals surface area contributed by atoms with E-state index in [0.717, 1.165) is 22.5 Å². The van der Waals surface area contributed by atoms with Crippen LogP contribution < -0.4 is 11.1 Å². The summed E-state index contributed by atoms with van der Waals surface area (Å²) in [6, 6.07) is 19.9. The molecule has 0 aliphatic heterocycles. The normalized spacial score (nSPS) is 10.8. The molecule has 0 saturated heterocycles. The van der Waals surface area contributed by atoms with E-state index in [-0.39, 0.29) is 5.91 Å². The maximum atomic E-state index is 13.0. The third-order valence-corrected chi connectivity index (χ3v) is 5.32. The molecule has 7 heteroatoms. The molecule has 29 heavy (non-hydrogen) atoms. The van der Waals surface area contributed by atoms with Crippen molar-refractivity contribution in [1.29, 1.82) is 0 Å². The quantitative estimate of drug-likeness (QED) is 0.508. The number of hydrogen-bond donors (Lipinski definition) is 2. The first-order valence-corrected chi connectivity index (χ1v) is 10.1. The second kappa shape index (κ2) is 8.38. The molecule has 2 aromatic heterocycles. The van der Waals surface area contributed by atoms with E-state index in [4.69, 9.17) is 10.8 Å². The van der Waals surface area contributed by atoms with Crippen LogP contribution in [0.2, 0.25) is 0 Å². The molecule has 0 unspecified atom stereocenters. The molecule has 4 rings (SSSR count). The highest BCUT2D eigenvalue weighted by Crippen LogP contribution is 2.22. The maximum absolute atomic E-state index is 13.0. The Kier molecular flexibility index (Phi) is 5.50. The summed E-state index contributed by atoms with van der Waals surface area (Å²) in [5, 5.41) is 9.94. The molecule has 0 radical (unpaired) electrons. The zero-order chi connectivity index (χ0) is 20.2. The molecule has 1 amide bonds. The van der Waals surface area contributed by atoms with Gasteiger partial charge in [-0.3, -0.25) is 14.8 Å². The summed E-state index contributed by atoms with van der Waals surface area (Å²) < 4.78 is 1.73. The van der Waals surface area contributed by atoms with Crippen molar-refractivity contribution in [2.75, 3.05) is 5.32 Å². The van der Waals surface area contributed by atoms with E-state index in [0.29, 0.717) is 23.9 Å². The van der Waals surface area contributed by atoms with Crippen LogP contribution in [0.1, 0.15) is 27.3 Å². The fraction of sp³-hybridized carbons (Fsp3) is 0.136. The minimum Gasteiger partial charge on any atom is -0.325 e. The topological polar surface area (TPSA) is 85.8 Å². The van der Waals surface area contributed by atoms with Gasteiger partial charge in [-0.1, -0.05) is 60.2 Å². The van der Waals surface area contributed by atoms with Crippen molar-refractivity contribution in [2.45, 2.75) is 20.0 Å². The Bertz CT molecular complexity index is 1120. The molecule has 0 atom stereocenters. The van der Waals surface area contributed by atoms with E-state index in [1.165, 1.54) is 16.9 Å². The standard InChI is InChI=1S/C22H21N5OS/c1-15-7-9-17(10-8-15)19-11-20(21(28)25-22-24-18(12-23)14-29-22)27(26-19)13-16-5-3-2-4-6-16/h2-11,14H,12-13,23H2,1H3,(H,24,25,28). The van der Waals surface area contributed by atoms with Crippen LogP contribution in [0.3, 0.4) is 0 Å². The minimum absolute atomic E-state index is 0.246. The number of nitrogens with zero attached hydrogens (tertiary/aromatic N) is 3. The van der Waals surface area contributed by atoms with Gasteiger partial charge in [0, 0.05) is 17.5 Å². The van der Waals surface area contributed by atoms with Crippen LogP contribution in [0.4, 0.5) is 5.13 Å². The Morgan fingerprint density at radius 2 is 1.90 bits per heavy atom. The average Bonchev–Trinajstić information content (AvgIpc) is 3.36. The van der Waals surface area contributed by atoms with E-state index in [9.17, 15) is 4.79 Å². The number of carbonyl (C=O) groups excluding carboxylic acids is 1. The Hall–Kier alpha value is -3.29. The van der Waals surface area contributed by atoms with Gasteiger partial charge in [0.25, 0.3) is 5.91 Å². The summed E-state index contributed by atoms with van der Waals surface area (Å²) >= 11 is 1.36. The van der Waals surface area contributed by atoms with Crippen molar-refractivity contribution < 1.29 is 4.79 Å². The Balaban J connectivity index is 1.67. The lowest BCUT2D eigenvalue weighted by molar-refractivity contribution is 0.101. The van der Waals surface area contributed by atoms with Crippen molar-refractivity contribution >= 4 is 22.4 Å². The Labute approximate surface area is 173 Å². The van der Waals surface area contributed by atoms with Gasteiger partial charge in [-0.15, -0.1) is 11.3 Å². The summed E-state index contributed by atoms with van der Waals surface area (Å²) in [6.07, 6.45) is 0. The van der Waals surface area contributed by atoms with Gasteiger partial charge in [0.05, 0.1) is 17.9 Å². The molecule has 0 spiro atoms. The lowest BCUT2D eigenvalue weighted by Gasteiger charge is -2.07. The van der Waals surface area contributed by atoms with Crippen LogP contribution in [0.25, 0.3) is 11.3 Å². The van der Waals surface area contributed by atoms with Crippen LogP contribution in [-0.4, -0.2) is 20.7 Å². The predicted molar refractivity (Wildman–Crippen MR) is 116 cm³/mol. The first-order chi connectivity index (χ1) is 14.1. The minimum atomic E-state index is -0.246. The molecule has 2 aromatic carbocycles. The molecule has 0 fully saturated rings. The van der Waals surface area contributed by atoms with Gasteiger partial charge in [-0.2, -0.15) is 5.10 Å². The number of nitrogens with one attached hydrogen (secondary N) is 1. The highest BCUT2D eigenvalue weighted by molar-refractivity contribution is 7.13. The molecule has 0 aliphatic rings. The smallest absolute Gasteiger partial charge is 0.275 e. The van der Waals surface area contributed by atoms with E-state index >= 15 is 0 Å². The lowest BCUT2D eigenvalue weighted by Crippen LogP contribution is -2.18. The molecule has 146 valence electrons. The lowest BCUT2D eigenvalue weighted by atomic mass is 10.1. The number of benzene rings is 2. The van der Waals surface area contributed by atoms with E-state index < -0.39 is 0 Å². The fourth-order valence-corrected chi connectivity index (χ4v) is 3.68. The molecule has 0 bridgehead atoms. The van der Waals surface area contributed by atoms with Crippen LogP contribution in [0.15, 0.2) is 66.0 Å². The number of rotatable bonds is 6. The highest BCUT2D eigenvalue weighted by atomic mass is 32.1. The van der Waals surface area contributed by atoms with Crippen LogP contribution in [0.5, 0.6) is 0 Å². The second-order valence-electron chi connectivity index (χ2n) is 6.73. The number of nitrogens with two attached hydrogens (primary N) is 1. The van der Waals surface area contributed by atoms with Gasteiger partial charge >= 0.3 is 0 Å². The molecular formula is C22H21N5OS. The zero-order valence-electron chi connectivity index (χ0n) is 16.0. The van der Waals surface area contributed by atoms with Crippen molar-refractivity contribution in [1.82, 2.24) is 14.8 Å². The summed E-state index contributed by atoms with van der Waals surface area (Å²) in [5.41, 5.74) is 10.8. The number of anilines is 1. The van der Waals surface area contributed by atoms with Gasteiger partial charge in [-0.05, 0) is 18.6 Å². The molecule has 6 nitrogen and oxygen atoms in total. The van der Waals surface area contributed by atoms with Gasteiger partial charge in [0.15, 0.2) is 5.13 Å². The number of aryl methyl sites for hydroxylation is 1. The summed E-state index contributed by atoms with van der Waals surface area (Å²) in [5.74, 6) is -0.246. The van der Waals surface area contributed by atoms with E-state index in [1.54, 1.807) is 4.68 Å². The monoisotopic (exact) mass is 403 g/mol. The molecule has 4 aromatic rings. The van der Waals surface area contributed by atoms with Crippen molar-refractivity contribution in [3.8, 4) is 11.3 Å². The molecular weight excluding hydrogens is 382 g/mol. The fourth-order valence-electron chi connectivity index (χ4n) is 2.96. The zero-order valence-corrected chi connectivity index (χ0v) is 16.8. The van der Waals surface area contributed by atoms with Gasteiger partial charge in [0.1, 0.15) is 5.69 Å². The largest absolute Gasteiger partial charge is 0.325 e. The third kappa shape index (κ3) is 4.42. The Morgan fingerprint density at radius 1 is 1.14 bits per heavy atom. The first-order valence-electron chi connectivity index (χ1n) is 9.27. The predicted octanol–water partition coefficient (Wildman–Crippen LogP) is 4.07. The molecule has 3 N–H and O–H groups in total. The molecule has 0 aliphatic carbocycles. The van der Waals surface area contributed by atoms with E-state index in [2.05, 4.69) is 10.3 Å². The summed E-state index contributed by atoms with van der Waals surface area (Å²) in [7, 11) is 0. The molecule has 2 heterocycles. The van der Waals surface area contributed by atoms with Crippen LogP contribution in [-0.2, 0) is 13.1 Å². The number of thiazole rings is 1.